The summed E-state index contributed by atoms with van der Waals surface area (Å²) >= 11 is 0. The van der Waals surface area contributed by atoms with Gasteiger partial charge in [-0.2, -0.15) is 0 Å². The molecule has 0 atom stereocenters. The second-order valence-corrected chi connectivity index (χ2v) is 7.11. The van der Waals surface area contributed by atoms with Crippen LogP contribution >= 0.6 is 0 Å². The van der Waals surface area contributed by atoms with Gasteiger partial charge in [0.1, 0.15) is 5.75 Å². The summed E-state index contributed by atoms with van der Waals surface area (Å²) < 4.78 is 32.3. The van der Waals surface area contributed by atoms with E-state index in [1.54, 1.807) is 43.5 Å². The number of fused-ring (bicyclic) bond motifs is 1. The molecule has 2 N–H and O–H groups in total. The molecule has 1 heterocycles. The third-order valence-electron chi connectivity index (χ3n) is 3.83. The highest BCUT2D eigenvalue weighted by Crippen LogP contribution is 2.33. The zero-order chi connectivity index (χ0) is 15.7. The van der Waals surface area contributed by atoms with Gasteiger partial charge in [0.2, 0.25) is 0 Å². The molecule has 22 heavy (non-hydrogen) atoms. The standard InChI is InChI=1S/C16H18N2O3S/c1-21-14-5-7-15(8-6-14)22(19,20)18-10-2-3-12-11-13(17)4-9-16(12)18/h4-9,11H,2-3,10,17H2,1H3. The van der Waals surface area contributed by atoms with Gasteiger partial charge in [0, 0.05) is 12.2 Å². The lowest BCUT2D eigenvalue weighted by Crippen LogP contribution is -2.35. The average Bonchev–Trinajstić information content (AvgIpc) is 2.54. The van der Waals surface area contributed by atoms with E-state index in [1.165, 1.54) is 4.31 Å². The zero-order valence-corrected chi connectivity index (χ0v) is 13.1. The van der Waals surface area contributed by atoms with Crippen molar-refractivity contribution in [3.8, 4) is 5.75 Å². The second kappa shape index (κ2) is 5.53. The number of sulfonamides is 1. The van der Waals surface area contributed by atoms with Gasteiger partial charge in [-0.3, -0.25) is 4.31 Å². The van der Waals surface area contributed by atoms with E-state index < -0.39 is 10.0 Å². The monoisotopic (exact) mass is 318 g/mol. The molecule has 0 saturated heterocycles. The maximum atomic E-state index is 12.9. The van der Waals surface area contributed by atoms with E-state index in [-0.39, 0.29) is 4.90 Å². The van der Waals surface area contributed by atoms with Gasteiger partial charge in [0.15, 0.2) is 0 Å². The first-order valence-electron chi connectivity index (χ1n) is 7.07. The van der Waals surface area contributed by atoms with Crippen molar-refractivity contribution in [3.05, 3.63) is 48.0 Å². The minimum absolute atomic E-state index is 0.262. The first-order valence-corrected chi connectivity index (χ1v) is 8.51. The van der Waals surface area contributed by atoms with E-state index in [9.17, 15) is 8.42 Å². The van der Waals surface area contributed by atoms with E-state index in [0.717, 1.165) is 24.1 Å². The number of hydrogen-bond donors (Lipinski definition) is 1. The normalized spacial score (nSPS) is 14.5. The molecule has 1 aliphatic heterocycles. The molecule has 0 aliphatic carbocycles. The molecule has 0 fully saturated rings. The van der Waals surface area contributed by atoms with Gasteiger partial charge >= 0.3 is 0 Å². The quantitative estimate of drug-likeness (QED) is 0.882. The van der Waals surface area contributed by atoms with E-state index in [4.69, 9.17) is 10.5 Å². The highest BCUT2D eigenvalue weighted by atomic mass is 32.2. The topological polar surface area (TPSA) is 72.6 Å². The van der Waals surface area contributed by atoms with Gasteiger partial charge in [-0.15, -0.1) is 0 Å². The molecule has 2 aromatic rings. The van der Waals surface area contributed by atoms with Crippen molar-refractivity contribution in [2.24, 2.45) is 0 Å². The fraction of sp³-hybridized carbons (Fsp3) is 0.250. The minimum Gasteiger partial charge on any atom is -0.497 e. The highest BCUT2D eigenvalue weighted by molar-refractivity contribution is 7.92. The summed E-state index contributed by atoms with van der Waals surface area (Å²) in [5.41, 5.74) is 8.15. The number of nitrogens with zero attached hydrogens (tertiary/aromatic N) is 1. The van der Waals surface area contributed by atoms with Crippen LogP contribution in [0, 0.1) is 0 Å². The Kier molecular flexibility index (Phi) is 3.70. The molecule has 3 rings (SSSR count). The molecular formula is C16H18N2O3S. The van der Waals surface area contributed by atoms with Crippen LogP contribution in [-0.4, -0.2) is 22.1 Å². The lowest BCUT2D eigenvalue weighted by Gasteiger charge is -2.30. The lowest BCUT2D eigenvalue weighted by molar-refractivity contribution is 0.414. The number of hydrogen-bond acceptors (Lipinski definition) is 4. The first-order chi connectivity index (χ1) is 10.5. The summed E-state index contributed by atoms with van der Waals surface area (Å²) in [7, 11) is -2.03. The molecule has 1 aliphatic rings. The molecule has 0 unspecified atom stereocenters. The number of benzene rings is 2. The molecule has 0 amide bonds. The van der Waals surface area contributed by atoms with Crippen LogP contribution in [0.3, 0.4) is 0 Å². The van der Waals surface area contributed by atoms with Crippen molar-refractivity contribution >= 4 is 21.4 Å². The van der Waals surface area contributed by atoms with Crippen LogP contribution in [0.1, 0.15) is 12.0 Å². The molecule has 0 spiro atoms. The Labute approximate surface area is 130 Å². The van der Waals surface area contributed by atoms with E-state index in [2.05, 4.69) is 0 Å². The smallest absolute Gasteiger partial charge is 0.264 e. The average molecular weight is 318 g/mol. The van der Waals surface area contributed by atoms with E-state index in [0.29, 0.717) is 18.0 Å². The fourth-order valence-corrected chi connectivity index (χ4v) is 4.25. The van der Waals surface area contributed by atoms with Gasteiger partial charge in [-0.1, -0.05) is 0 Å². The summed E-state index contributed by atoms with van der Waals surface area (Å²) in [6.45, 7) is 0.477. The molecule has 116 valence electrons. The van der Waals surface area contributed by atoms with Crippen LogP contribution in [0.25, 0.3) is 0 Å². The number of nitrogen functional groups attached to an aromatic ring is 1. The molecule has 0 saturated carbocycles. The first kappa shape index (κ1) is 14.7. The molecule has 0 aromatic heterocycles. The number of nitrogens with two attached hydrogens (primary N) is 1. The number of aryl methyl sites for hydroxylation is 1. The van der Waals surface area contributed by atoms with Crippen molar-refractivity contribution in [1.29, 1.82) is 0 Å². The van der Waals surface area contributed by atoms with Crippen LogP contribution in [0.15, 0.2) is 47.4 Å². The summed E-state index contributed by atoms with van der Waals surface area (Å²) in [6.07, 6.45) is 1.63. The van der Waals surface area contributed by atoms with Crippen LogP contribution in [0.2, 0.25) is 0 Å². The van der Waals surface area contributed by atoms with E-state index in [1.807, 2.05) is 6.07 Å². The van der Waals surface area contributed by atoms with Crippen LogP contribution in [0.4, 0.5) is 11.4 Å². The predicted octanol–water partition coefficient (Wildman–Crippen LogP) is 2.42. The Hall–Kier alpha value is -2.21. The maximum Gasteiger partial charge on any atom is 0.264 e. The number of ether oxygens (including phenoxy) is 1. The summed E-state index contributed by atoms with van der Waals surface area (Å²) in [5.74, 6) is 0.630. The Bertz CT molecular complexity index is 786. The molecule has 6 heteroatoms. The maximum absolute atomic E-state index is 12.9. The van der Waals surface area contributed by atoms with Crippen molar-refractivity contribution < 1.29 is 13.2 Å². The van der Waals surface area contributed by atoms with Gasteiger partial charge in [0.05, 0.1) is 17.7 Å². The van der Waals surface area contributed by atoms with Crippen molar-refractivity contribution in [1.82, 2.24) is 0 Å². The Morgan fingerprint density at radius 1 is 1.14 bits per heavy atom. The van der Waals surface area contributed by atoms with E-state index >= 15 is 0 Å². The Morgan fingerprint density at radius 3 is 2.55 bits per heavy atom. The fourth-order valence-electron chi connectivity index (χ4n) is 2.71. The molecule has 5 nitrogen and oxygen atoms in total. The predicted molar refractivity (Wildman–Crippen MR) is 86.7 cm³/mol. The van der Waals surface area contributed by atoms with Gasteiger partial charge in [0.25, 0.3) is 10.0 Å². The number of rotatable bonds is 3. The number of anilines is 2. The minimum atomic E-state index is -3.58. The van der Waals surface area contributed by atoms with Crippen molar-refractivity contribution in [2.75, 3.05) is 23.7 Å². The summed E-state index contributed by atoms with van der Waals surface area (Å²) in [6, 6.07) is 11.8. The largest absolute Gasteiger partial charge is 0.497 e. The van der Waals surface area contributed by atoms with Crippen molar-refractivity contribution in [2.45, 2.75) is 17.7 Å². The molecule has 0 radical (unpaired) electrons. The Balaban J connectivity index is 2.03. The zero-order valence-electron chi connectivity index (χ0n) is 12.3. The van der Waals surface area contributed by atoms with Crippen LogP contribution in [-0.2, 0) is 16.4 Å². The third-order valence-corrected chi connectivity index (χ3v) is 5.65. The van der Waals surface area contributed by atoms with Gasteiger partial charge in [-0.25, -0.2) is 8.42 Å². The number of methoxy groups -OCH3 is 1. The Morgan fingerprint density at radius 2 is 1.86 bits per heavy atom. The van der Waals surface area contributed by atoms with Crippen molar-refractivity contribution in [3.63, 3.8) is 0 Å². The van der Waals surface area contributed by atoms with Gasteiger partial charge in [-0.05, 0) is 60.9 Å². The SMILES string of the molecule is COc1ccc(S(=O)(=O)N2CCCc3cc(N)ccc32)cc1. The summed E-state index contributed by atoms with van der Waals surface area (Å²) in [5, 5.41) is 0. The molecule has 0 bridgehead atoms. The highest BCUT2D eigenvalue weighted by Gasteiger charge is 2.29. The second-order valence-electron chi connectivity index (χ2n) is 5.24. The molecular weight excluding hydrogens is 300 g/mol. The molecule has 2 aromatic carbocycles. The van der Waals surface area contributed by atoms with Crippen LogP contribution in [0.5, 0.6) is 5.75 Å². The lowest BCUT2D eigenvalue weighted by atomic mass is 10.0. The van der Waals surface area contributed by atoms with Crippen LogP contribution < -0.4 is 14.8 Å². The van der Waals surface area contributed by atoms with Gasteiger partial charge < -0.3 is 10.5 Å². The summed E-state index contributed by atoms with van der Waals surface area (Å²) in [4.78, 5) is 0.262. The third kappa shape index (κ3) is 2.50.